The lowest BCUT2D eigenvalue weighted by molar-refractivity contribution is 0.340. The lowest BCUT2D eigenvalue weighted by Crippen LogP contribution is -1.97. The van der Waals surface area contributed by atoms with Crippen LogP contribution < -0.4 is 10.1 Å². The number of rotatable bonds is 4. The Kier molecular flexibility index (Phi) is 3.49. The van der Waals surface area contributed by atoms with Gasteiger partial charge >= 0.3 is 0 Å². The molecule has 1 heterocycles. The minimum Gasteiger partial charge on any atom is -0.494 e. The standard InChI is InChI=1S/C12H12FN3O/c1-2-17-10-5-3-4-9(6-10)16-12-7-11(13)14-8-15-12/h3-8H,2H2,1H3,(H,14,15,16). The summed E-state index contributed by atoms with van der Waals surface area (Å²) in [6, 6.07) is 8.61. The van der Waals surface area contributed by atoms with Crippen LogP contribution >= 0.6 is 0 Å². The van der Waals surface area contributed by atoms with Crippen LogP contribution in [0.25, 0.3) is 0 Å². The highest BCUT2D eigenvalue weighted by Gasteiger charge is 2.00. The molecule has 4 nitrogen and oxygen atoms in total. The zero-order chi connectivity index (χ0) is 12.1. The molecule has 1 aromatic heterocycles. The van der Waals surface area contributed by atoms with E-state index in [1.54, 1.807) is 0 Å². The summed E-state index contributed by atoms with van der Waals surface area (Å²) < 4.78 is 18.2. The Labute approximate surface area is 98.5 Å². The number of nitrogens with one attached hydrogen (secondary N) is 1. The van der Waals surface area contributed by atoms with Gasteiger partial charge < -0.3 is 10.1 Å². The summed E-state index contributed by atoms with van der Waals surface area (Å²) in [5, 5.41) is 2.97. The van der Waals surface area contributed by atoms with E-state index in [1.807, 2.05) is 31.2 Å². The first-order chi connectivity index (χ1) is 8.28. The molecule has 0 saturated carbocycles. The maximum atomic E-state index is 12.9. The summed E-state index contributed by atoms with van der Waals surface area (Å²) in [7, 11) is 0. The third kappa shape index (κ3) is 3.14. The molecule has 0 atom stereocenters. The van der Waals surface area contributed by atoms with Crippen LogP contribution in [0.1, 0.15) is 6.92 Å². The average Bonchev–Trinajstić information content (AvgIpc) is 2.30. The highest BCUT2D eigenvalue weighted by Crippen LogP contribution is 2.20. The first kappa shape index (κ1) is 11.3. The molecule has 88 valence electrons. The van der Waals surface area contributed by atoms with Crippen LogP contribution in [0.4, 0.5) is 15.9 Å². The Morgan fingerprint density at radius 3 is 2.94 bits per heavy atom. The van der Waals surface area contributed by atoms with Gasteiger partial charge in [-0.15, -0.1) is 0 Å². The molecular weight excluding hydrogens is 221 g/mol. The molecule has 0 aliphatic rings. The van der Waals surface area contributed by atoms with Crippen LogP contribution in [-0.4, -0.2) is 16.6 Å². The normalized spacial score (nSPS) is 10.0. The number of aromatic nitrogens is 2. The predicted octanol–water partition coefficient (Wildman–Crippen LogP) is 2.76. The quantitative estimate of drug-likeness (QED) is 0.825. The molecule has 1 N–H and O–H groups in total. The smallest absolute Gasteiger partial charge is 0.218 e. The molecule has 17 heavy (non-hydrogen) atoms. The third-order valence-corrected chi connectivity index (χ3v) is 2.05. The lowest BCUT2D eigenvalue weighted by Gasteiger charge is -2.07. The summed E-state index contributed by atoms with van der Waals surface area (Å²) >= 11 is 0. The first-order valence-electron chi connectivity index (χ1n) is 5.25. The van der Waals surface area contributed by atoms with Gasteiger partial charge in [-0.2, -0.15) is 4.39 Å². The Bertz CT molecular complexity index is 505. The van der Waals surface area contributed by atoms with E-state index in [0.29, 0.717) is 12.4 Å². The molecule has 0 amide bonds. The Morgan fingerprint density at radius 1 is 1.29 bits per heavy atom. The van der Waals surface area contributed by atoms with E-state index in [9.17, 15) is 4.39 Å². The molecule has 0 radical (unpaired) electrons. The largest absolute Gasteiger partial charge is 0.494 e. The minimum absolute atomic E-state index is 0.408. The molecule has 2 rings (SSSR count). The van der Waals surface area contributed by atoms with Gasteiger partial charge in [-0.25, -0.2) is 9.97 Å². The van der Waals surface area contributed by atoms with Crippen LogP contribution in [0, 0.1) is 5.95 Å². The van der Waals surface area contributed by atoms with Crippen LogP contribution in [0.3, 0.4) is 0 Å². The van der Waals surface area contributed by atoms with Gasteiger partial charge in [0.15, 0.2) is 0 Å². The molecule has 0 aliphatic carbocycles. The van der Waals surface area contributed by atoms with Crippen molar-refractivity contribution in [3.05, 3.63) is 42.6 Å². The van der Waals surface area contributed by atoms with E-state index in [-0.39, 0.29) is 0 Å². The third-order valence-electron chi connectivity index (χ3n) is 2.05. The number of halogens is 1. The summed E-state index contributed by atoms with van der Waals surface area (Å²) in [5.41, 5.74) is 0.786. The van der Waals surface area contributed by atoms with E-state index < -0.39 is 5.95 Å². The summed E-state index contributed by atoms with van der Waals surface area (Å²) in [6.45, 7) is 2.52. The van der Waals surface area contributed by atoms with Gasteiger partial charge in [-0.05, 0) is 19.1 Å². The second-order valence-corrected chi connectivity index (χ2v) is 3.31. The summed E-state index contributed by atoms with van der Waals surface area (Å²) in [6.07, 6.45) is 1.17. The second-order valence-electron chi connectivity index (χ2n) is 3.31. The van der Waals surface area contributed by atoms with Crippen LogP contribution in [0.2, 0.25) is 0 Å². The number of nitrogens with zero attached hydrogens (tertiary/aromatic N) is 2. The molecule has 0 spiro atoms. The minimum atomic E-state index is -0.566. The van der Waals surface area contributed by atoms with Crippen molar-refractivity contribution < 1.29 is 9.13 Å². The average molecular weight is 233 g/mol. The van der Waals surface area contributed by atoms with E-state index in [1.165, 1.54) is 12.4 Å². The maximum absolute atomic E-state index is 12.9. The molecule has 0 unspecified atom stereocenters. The predicted molar refractivity (Wildman–Crippen MR) is 62.9 cm³/mol. The summed E-state index contributed by atoms with van der Waals surface area (Å²) in [5.74, 6) is 0.599. The molecule has 5 heteroatoms. The second kappa shape index (κ2) is 5.25. The number of benzene rings is 1. The van der Waals surface area contributed by atoms with Gasteiger partial charge in [-0.1, -0.05) is 6.07 Å². The van der Waals surface area contributed by atoms with Crippen LogP contribution in [0.5, 0.6) is 5.75 Å². The molecule has 0 aliphatic heterocycles. The highest BCUT2D eigenvalue weighted by molar-refractivity contribution is 5.57. The molecule has 0 fully saturated rings. The zero-order valence-corrected chi connectivity index (χ0v) is 9.35. The lowest BCUT2D eigenvalue weighted by atomic mass is 10.3. The molecule has 0 bridgehead atoms. The Morgan fingerprint density at radius 2 is 2.18 bits per heavy atom. The van der Waals surface area contributed by atoms with Crippen molar-refractivity contribution in [1.29, 1.82) is 0 Å². The SMILES string of the molecule is CCOc1cccc(Nc2cc(F)ncn2)c1. The highest BCUT2D eigenvalue weighted by atomic mass is 19.1. The fourth-order valence-electron chi connectivity index (χ4n) is 1.38. The fourth-order valence-corrected chi connectivity index (χ4v) is 1.38. The topological polar surface area (TPSA) is 47.0 Å². The maximum Gasteiger partial charge on any atom is 0.218 e. The van der Waals surface area contributed by atoms with Gasteiger partial charge in [-0.3, -0.25) is 0 Å². The van der Waals surface area contributed by atoms with Crippen molar-refractivity contribution in [3.63, 3.8) is 0 Å². The van der Waals surface area contributed by atoms with Gasteiger partial charge in [0.2, 0.25) is 5.95 Å². The van der Waals surface area contributed by atoms with Gasteiger partial charge in [0.25, 0.3) is 0 Å². The number of anilines is 2. The molecule has 1 aromatic carbocycles. The van der Waals surface area contributed by atoms with Gasteiger partial charge in [0.1, 0.15) is 17.9 Å². The van der Waals surface area contributed by atoms with Crippen LogP contribution in [0.15, 0.2) is 36.7 Å². The fraction of sp³-hybridized carbons (Fsp3) is 0.167. The van der Waals surface area contributed by atoms with E-state index in [0.717, 1.165) is 11.4 Å². The van der Waals surface area contributed by atoms with E-state index in [2.05, 4.69) is 15.3 Å². The van der Waals surface area contributed by atoms with Crippen molar-refractivity contribution in [2.75, 3.05) is 11.9 Å². The Hall–Kier alpha value is -2.17. The van der Waals surface area contributed by atoms with E-state index in [4.69, 9.17) is 4.74 Å². The van der Waals surface area contributed by atoms with Crippen molar-refractivity contribution >= 4 is 11.5 Å². The molecule has 0 saturated heterocycles. The molecule has 2 aromatic rings. The number of hydrogen-bond acceptors (Lipinski definition) is 4. The summed E-state index contributed by atoms with van der Waals surface area (Å²) in [4.78, 5) is 7.29. The number of ether oxygens (including phenoxy) is 1. The van der Waals surface area contributed by atoms with Crippen molar-refractivity contribution in [2.24, 2.45) is 0 Å². The molecular formula is C12H12FN3O. The van der Waals surface area contributed by atoms with Crippen molar-refractivity contribution in [3.8, 4) is 5.75 Å². The zero-order valence-electron chi connectivity index (χ0n) is 9.35. The van der Waals surface area contributed by atoms with Gasteiger partial charge in [0, 0.05) is 17.8 Å². The monoisotopic (exact) mass is 233 g/mol. The number of hydrogen-bond donors (Lipinski definition) is 1. The van der Waals surface area contributed by atoms with Crippen LogP contribution in [-0.2, 0) is 0 Å². The van der Waals surface area contributed by atoms with Crippen molar-refractivity contribution in [2.45, 2.75) is 6.92 Å². The van der Waals surface area contributed by atoms with Gasteiger partial charge in [0.05, 0.1) is 6.61 Å². The van der Waals surface area contributed by atoms with E-state index >= 15 is 0 Å². The van der Waals surface area contributed by atoms with Crippen molar-refractivity contribution in [1.82, 2.24) is 9.97 Å². The Balaban J connectivity index is 2.15. The first-order valence-corrected chi connectivity index (χ1v) is 5.25.